The van der Waals surface area contributed by atoms with Crippen LogP contribution < -0.4 is 4.90 Å². The molecule has 0 aromatic heterocycles. The lowest BCUT2D eigenvalue weighted by Gasteiger charge is -2.31. The fourth-order valence-electron chi connectivity index (χ4n) is 4.48. The van der Waals surface area contributed by atoms with E-state index >= 15 is 0 Å². The molecule has 2 aromatic rings. The molecule has 0 N–H and O–H groups in total. The van der Waals surface area contributed by atoms with Gasteiger partial charge in [0.05, 0.1) is 5.69 Å². The first-order valence-electron chi connectivity index (χ1n) is 10.7. The fraction of sp³-hybridized carbons (Fsp3) is 0.440. The van der Waals surface area contributed by atoms with Crippen LogP contribution >= 0.6 is 0 Å². The summed E-state index contributed by atoms with van der Waals surface area (Å²) in [5.41, 5.74) is 6.53. The topological polar surface area (TPSA) is 49.9 Å². The van der Waals surface area contributed by atoms with Crippen LogP contribution in [0.15, 0.2) is 36.4 Å². The van der Waals surface area contributed by atoms with Gasteiger partial charge in [-0.05, 0) is 62.3 Å². The summed E-state index contributed by atoms with van der Waals surface area (Å²) in [6.07, 6.45) is 2.59. The molecule has 0 fully saturated rings. The molecule has 0 radical (unpaired) electrons. The molecule has 0 spiro atoms. The van der Waals surface area contributed by atoms with Crippen LogP contribution in [-0.2, 0) is 28.8 Å². The van der Waals surface area contributed by atoms with Crippen molar-refractivity contribution in [1.82, 2.24) is 4.90 Å². The molecule has 0 saturated heterocycles. The third-order valence-corrected chi connectivity index (χ3v) is 5.89. The van der Waals surface area contributed by atoms with E-state index in [4.69, 9.17) is 4.74 Å². The fourth-order valence-corrected chi connectivity index (χ4v) is 4.48. The molecule has 2 heterocycles. The van der Waals surface area contributed by atoms with Gasteiger partial charge in [0.15, 0.2) is 0 Å². The van der Waals surface area contributed by atoms with Gasteiger partial charge in [0, 0.05) is 32.1 Å². The molecule has 5 heteroatoms. The van der Waals surface area contributed by atoms with E-state index in [0.717, 1.165) is 36.1 Å². The van der Waals surface area contributed by atoms with Crippen molar-refractivity contribution in [3.8, 4) is 11.1 Å². The van der Waals surface area contributed by atoms with Crippen LogP contribution in [0.5, 0.6) is 0 Å². The summed E-state index contributed by atoms with van der Waals surface area (Å²) in [7, 11) is 1.88. The number of aryl methyl sites for hydroxylation is 1. The van der Waals surface area contributed by atoms with Crippen LogP contribution in [-0.4, -0.2) is 42.6 Å². The van der Waals surface area contributed by atoms with Crippen molar-refractivity contribution in [2.24, 2.45) is 0 Å². The third kappa shape index (κ3) is 3.93. The number of ether oxygens (including phenoxy) is 1. The maximum atomic E-state index is 12.7. The minimum Gasteiger partial charge on any atom is -0.444 e. The van der Waals surface area contributed by atoms with Gasteiger partial charge >= 0.3 is 6.09 Å². The number of amides is 2. The summed E-state index contributed by atoms with van der Waals surface area (Å²) in [4.78, 5) is 28.8. The minimum absolute atomic E-state index is 0.156. The highest BCUT2D eigenvalue weighted by Gasteiger charge is 2.30. The van der Waals surface area contributed by atoms with Crippen LogP contribution in [0, 0.1) is 0 Å². The zero-order valence-corrected chi connectivity index (χ0v) is 18.3. The smallest absolute Gasteiger partial charge is 0.410 e. The largest absolute Gasteiger partial charge is 0.444 e. The third-order valence-electron chi connectivity index (χ3n) is 5.89. The predicted molar refractivity (Wildman–Crippen MR) is 119 cm³/mol. The second kappa shape index (κ2) is 7.78. The SMILES string of the molecule is CN1C(=O)CCc2cc3c(c(-c4ccccc4)c21)CCN(C(=O)OC(C)(C)C)CC3. The number of benzene rings is 2. The normalized spacial score (nSPS) is 16.6. The molecular formula is C25H30N2O3. The van der Waals surface area contributed by atoms with E-state index in [2.05, 4.69) is 18.2 Å². The molecule has 158 valence electrons. The average molecular weight is 407 g/mol. The molecule has 4 rings (SSSR count). The molecule has 30 heavy (non-hydrogen) atoms. The van der Waals surface area contributed by atoms with E-state index in [1.54, 1.807) is 0 Å². The van der Waals surface area contributed by atoms with E-state index in [1.807, 2.05) is 55.8 Å². The van der Waals surface area contributed by atoms with Gasteiger partial charge in [-0.2, -0.15) is 0 Å². The summed E-state index contributed by atoms with van der Waals surface area (Å²) in [5, 5.41) is 0. The Bertz CT molecular complexity index is 976. The first-order chi connectivity index (χ1) is 14.2. The standard InChI is InChI=1S/C25H30N2O3/c1-25(2,3)30-24(29)27-14-12-18-16-19-10-11-21(28)26(4)23(19)22(20(18)13-15-27)17-8-6-5-7-9-17/h5-9,16H,10-15H2,1-4H3. The van der Waals surface area contributed by atoms with Gasteiger partial charge in [-0.15, -0.1) is 0 Å². The average Bonchev–Trinajstić information content (AvgIpc) is 2.91. The Kier molecular flexibility index (Phi) is 5.31. The number of anilines is 1. The van der Waals surface area contributed by atoms with Gasteiger partial charge in [-0.25, -0.2) is 4.79 Å². The number of rotatable bonds is 1. The number of fused-ring (bicyclic) bond motifs is 2. The molecule has 2 aliphatic heterocycles. The molecule has 2 amide bonds. The first-order valence-corrected chi connectivity index (χ1v) is 10.7. The summed E-state index contributed by atoms with van der Waals surface area (Å²) >= 11 is 0. The van der Waals surface area contributed by atoms with Gasteiger partial charge in [-0.1, -0.05) is 36.4 Å². The van der Waals surface area contributed by atoms with E-state index in [-0.39, 0.29) is 12.0 Å². The molecule has 0 unspecified atom stereocenters. The Morgan fingerprint density at radius 2 is 1.67 bits per heavy atom. The molecule has 0 atom stereocenters. The highest BCUT2D eigenvalue weighted by atomic mass is 16.6. The monoisotopic (exact) mass is 406 g/mol. The summed E-state index contributed by atoms with van der Waals surface area (Å²) < 4.78 is 5.61. The van der Waals surface area contributed by atoms with Crippen LogP contribution in [0.2, 0.25) is 0 Å². The van der Waals surface area contributed by atoms with Crippen LogP contribution in [0.4, 0.5) is 10.5 Å². The molecule has 0 bridgehead atoms. The lowest BCUT2D eigenvalue weighted by Crippen LogP contribution is -2.38. The highest BCUT2D eigenvalue weighted by molar-refractivity contribution is 6.01. The summed E-state index contributed by atoms with van der Waals surface area (Å²) in [6.45, 7) is 6.94. The molecule has 5 nitrogen and oxygen atoms in total. The van der Waals surface area contributed by atoms with E-state index in [1.165, 1.54) is 16.7 Å². The molecular weight excluding hydrogens is 376 g/mol. The highest BCUT2D eigenvalue weighted by Crippen LogP contribution is 2.42. The molecule has 2 aliphatic rings. The van der Waals surface area contributed by atoms with E-state index < -0.39 is 5.60 Å². The minimum atomic E-state index is -0.506. The van der Waals surface area contributed by atoms with Gasteiger partial charge < -0.3 is 14.5 Å². The lowest BCUT2D eigenvalue weighted by molar-refractivity contribution is -0.118. The Labute approximate surface area is 178 Å². The quantitative estimate of drug-likeness (QED) is 0.696. The van der Waals surface area contributed by atoms with Crippen molar-refractivity contribution in [1.29, 1.82) is 0 Å². The van der Waals surface area contributed by atoms with Gasteiger partial charge in [-0.3, -0.25) is 4.79 Å². The summed E-state index contributed by atoms with van der Waals surface area (Å²) in [5.74, 6) is 0.156. The Balaban J connectivity index is 1.77. The molecule has 0 saturated carbocycles. The second-order valence-electron chi connectivity index (χ2n) is 9.18. The number of hydrogen-bond acceptors (Lipinski definition) is 3. The predicted octanol–water partition coefficient (Wildman–Crippen LogP) is 4.60. The Morgan fingerprint density at radius 1 is 0.967 bits per heavy atom. The lowest BCUT2D eigenvalue weighted by atomic mass is 9.85. The molecule has 0 aliphatic carbocycles. The number of hydrogen-bond donors (Lipinski definition) is 0. The zero-order chi connectivity index (χ0) is 21.5. The van der Waals surface area contributed by atoms with Crippen molar-refractivity contribution in [2.45, 2.75) is 52.1 Å². The van der Waals surface area contributed by atoms with Gasteiger partial charge in [0.25, 0.3) is 0 Å². The maximum Gasteiger partial charge on any atom is 0.410 e. The van der Waals surface area contributed by atoms with Crippen LogP contribution in [0.25, 0.3) is 11.1 Å². The van der Waals surface area contributed by atoms with Crippen molar-refractivity contribution in [3.63, 3.8) is 0 Å². The summed E-state index contributed by atoms with van der Waals surface area (Å²) in [6, 6.07) is 12.6. The Hall–Kier alpha value is -2.82. The van der Waals surface area contributed by atoms with Gasteiger partial charge in [0.1, 0.15) is 5.60 Å². The zero-order valence-electron chi connectivity index (χ0n) is 18.3. The van der Waals surface area contributed by atoms with Crippen molar-refractivity contribution < 1.29 is 14.3 Å². The van der Waals surface area contributed by atoms with Crippen molar-refractivity contribution in [3.05, 3.63) is 53.1 Å². The Morgan fingerprint density at radius 3 is 2.37 bits per heavy atom. The van der Waals surface area contributed by atoms with Gasteiger partial charge in [0.2, 0.25) is 5.91 Å². The first kappa shape index (κ1) is 20.5. The van der Waals surface area contributed by atoms with Crippen LogP contribution in [0.3, 0.4) is 0 Å². The number of nitrogens with zero attached hydrogens (tertiary/aromatic N) is 2. The van der Waals surface area contributed by atoms with Crippen LogP contribution in [0.1, 0.15) is 43.9 Å². The van der Waals surface area contributed by atoms with Crippen molar-refractivity contribution in [2.75, 3.05) is 25.0 Å². The van der Waals surface area contributed by atoms with Crippen molar-refractivity contribution >= 4 is 17.7 Å². The maximum absolute atomic E-state index is 12.7. The second-order valence-corrected chi connectivity index (χ2v) is 9.18. The number of carbonyl (C=O) groups is 2. The van der Waals surface area contributed by atoms with E-state index in [9.17, 15) is 9.59 Å². The van der Waals surface area contributed by atoms with E-state index in [0.29, 0.717) is 19.5 Å². The molecule has 2 aromatic carbocycles. The number of carbonyl (C=O) groups excluding carboxylic acids is 2.